The third kappa shape index (κ3) is 4.63. The molecule has 0 N–H and O–H groups in total. The van der Waals surface area contributed by atoms with Crippen molar-refractivity contribution in [3.8, 4) is 11.3 Å². The highest BCUT2D eigenvalue weighted by Gasteiger charge is 2.38. The molecule has 1 aromatic heterocycles. The highest BCUT2D eigenvalue weighted by molar-refractivity contribution is 6.00. The third-order valence-electron chi connectivity index (χ3n) is 7.26. The Morgan fingerprint density at radius 3 is 2.31 bits per heavy atom. The van der Waals surface area contributed by atoms with Crippen LogP contribution in [0.5, 0.6) is 0 Å². The zero-order valence-electron chi connectivity index (χ0n) is 20.6. The summed E-state index contributed by atoms with van der Waals surface area (Å²) in [5.74, 6) is 0.634. The molecule has 3 heterocycles. The molecule has 0 aliphatic carbocycles. The molecule has 0 spiro atoms. The standard InChI is InChI=1S/C28H31N5O2/c1-19-8-9-23(16-21(19)3)33-18-22(17-27(33)34)28(35)32-14-12-31(13-15-32)26-11-10-25(29-30-26)24-7-5-4-6-20(24)2/h4-11,16,22H,12-15,17-18H2,1-3H3. The fourth-order valence-electron chi connectivity index (χ4n) is 4.93. The van der Waals surface area contributed by atoms with E-state index in [4.69, 9.17) is 0 Å². The van der Waals surface area contributed by atoms with Gasteiger partial charge >= 0.3 is 0 Å². The highest BCUT2D eigenvalue weighted by atomic mass is 16.2. The zero-order chi connectivity index (χ0) is 24.5. The monoisotopic (exact) mass is 469 g/mol. The molecule has 180 valence electrons. The lowest BCUT2D eigenvalue weighted by Gasteiger charge is -2.36. The number of piperazine rings is 1. The Kier molecular flexibility index (Phi) is 6.24. The normalized spacial score (nSPS) is 18.3. The molecule has 2 saturated heterocycles. The molecular weight excluding hydrogens is 438 g/mol. The second-order valence-electron chi connectivity index (χ2n) is 9.58. The molecular formula is C28H31N5O2. The van der Waals surface area contributed by atoms with E-state index in [1.165, 1.54) is 11.1 Å². The number of benzene rings is 2. The van der Waals surface area contributed by atoms with Crippen LogP contribution in [0.1, 0.15) is 23.1 Å². The molecule has 3 aromatic rings. The summed E-state index contributed by atoms with van der Waals surface area (Å²) in [6.45, 7) is 9.26. The molecule has 1 atom stereocenters. The molecule has 7 nitrogen and oxygen atoms in total. The van der Waals surface area contributed by atoms with Crippen molar-refractivity contribution in [3.05, 3.63) is 71.3 Å². The fourth-order valence-corrected chi connectivity index (χ4v) is 4.93. The summed E-state index contributed by atoms with van der Waals surface area (Å²) in [6, 6.07) is 18.2. The van der Waals surface area contributed by atoms with E-state index in [0.29, 0.717) is 32.7 Å². The summed E-state index contributed by atoms with van der Waals surface area (Å²) in [5, 5.41) is 8.90. The predicted octanol–water partition coefficient (Wildman–Crippen LogP) is 3.77. The molecule has 0 saturated carbocycles. The molecule has 2 aliphatic rings. The third-order valence-corrected chi connectivity index (χ3v) is 7.26. The van der Waals surface area contributed by atoms with Gasteiger partial charge in [-0.2, -0.15) is 0 Å². The Hall–Kier alpha value is -3.74. The lowest BCUT2D eigenvalue weighted by Crippen LogP contribution is -2.51. The van der Waals surface area contributed by atoms with Crippen molar-refractivity contribution < 1.29 is 9.59 Å². The van der Waals surface area contributed by atoms with Crippen molar-refractivity contribution >= 4 is 23.3 Å². The molecule has 0 radical (unpaired) electrons. The molecule has 7 heteroatoms. The lowest BCUT2D eigenvalue weighted by atomic mass is 10.1. The number of nitrogens with zero attached hydrogens (tertiary/aromatic N) is 5. The van der Waals surface area contributed by atoms with Crippen LogP contribution >= 0.6 is 0 Å². The van der Waals surface area contributed by atoms with Crippen LogP contribution in [0.15, 0.2) is 54.6 Å². The second-order valence-corrected chi connectivity index (χ2v) is 9.58. The van der Waals surface area contributed by atoms with Crippen LogP contribution in [0.4, 0.5) is 11.5 Å². The number of anilines is 2. The van der Waals surface area contributed by atoms with Crippen molar-refractivity contribution in [3.63, 3.8) is 0 Å². The van der Waals surface area contributed by atoms with Crippen LogP contribution in [-0.2, 0) is 9.59 Å². The minimum atomic E-state index is -0.288. The number of rotatable bonds is 4. The van der Waals surface area contributed by atoms with Gasteiger partial charge < -0.3 is 14.7 Å². The van der Waals surface area contributed by atoms with Gasteiger partial charge in [-0.05, 0) is 61.7 Å². The van der Waals surface area contributed by atoms with Crippen LogP contribution in [0.25, 0.3) is 11.3 Å². The number of carbonyl (C=O) groups is 2. The Morgan fingerprint density at radius 1 is 0.857 bits per heavy atom. The number of aryl methyl sites for hydroxylation is 3. The first-order valence-corrected chi connectivity index (χ1v) is 12.2. The number of hydrogen-bond donors (Lipinski definition) is 0. The van der Waals surface area contributed by atoms with Crippen LogP contribution in [-0.4, -0.2) is 59.6 Å². The van der Waals surface area contributed by atoms with Crippen molar-refractivity contribution in [1.82, 2.24) is 15.1 Å². The second kappa shape index (κ2) is 9.49. The fraction of sp³-hybridized carbons (Fsp3) is 0.357. The molecule has 0 bridgehead atoms. The first-order chi connectivity index (χ1) is 16.9. The largest absolute Gasteiger partial charge is 0.352 e. The van der Waals surface area contributed by atoms with Gasteiger partial charge in [0.15, 0.2) is 5.82 Å². The van der Waals surface area contributed by atoms with Crippen molar-refractivity contribution in [1.29, 1.82) is 0 Å². The minimum absolute atomic E-state index is 0.0225. The molecule has 5 rings (SSSR count). The van der Waals surface area contributed by atoms with E-state index in [9.17, 15) is 9.59 Å². The van der Waals surface area contributed by atoms with Gasteiger partial charge in [0.25, 0.3) is 0 Å². The predicted molar refractivity (Wildman–Crippen MR) is 137 cm³/mol. The first kappa shape index (κ1) is 23.0. The van der Waals surface area contributed by atoms with Gasteiger partial charge in [0.2, 0.25) is 11.8 Å². The number of hydrogen-bond acceptors (Lipinski definition) is 5. The maximum absolute atomic E-state index is 13.2. The quantitative estimate of drug-likeness (QED) is 0.582. The lowest BCUT2D eigenvalue weighted by molar-refractivity contribution is -0.136. The van der Waals surface area contributed by atoms with E-state index in [1.54, 1.807) is 4.90 Å². The van der Waals surface area contributed by atoms with Crippen LogP contribution in [0, 0.1) is 26.7 Å². The average Bonchev–Trinajstić information content (AvgIpc) is 3.27. The van der Waals surface area contributed by atoms with Gasteiger partial charge in [0.1, 0.15) is 0 Å². The Morgan fingerprint density at radius 2 is 1.63 bits per heavy atom. The van der Waals surface area contributed by atoms with Crippen molar-refractivity contribution in [2.75, 3.05) is 42.5 Å². The van der Waals surface area contributed by atoms with Crippen molar-refractivity contribution in [2.45, 2.75) is 27.2 Å². The summed E-state index contributed by atoms with van der Waals surface area (Å²) < 4.78 is 0. The van der Waals surface area contributed by atoms with E-state index in [2.05, 4.69) is 41.1 Å². The number of aromatic nitrogens is 2. The summed E-state index contributed by atoms with van der Waals surface area (Å²) in [6.07, 6.45) is 0.276. The van der Waals surface area contributed by atoms with Crippen molar-refractivity contribution in [2.24, 2.45) is 5.92 Å². The highest BCUT2D eigenvalue weighted by Crippen LogP contribution is 2.28. The van der Waals surface area contributed by atoms with Crippen LogP contribution < -0.4 is 9.80 Å². The van der Waals surface area contributed by atoms with E-state index in [1.807, 2.05) is 54.3 Å². The van der Waals surface area contributed by atoms with Gasteiger partial charge in [-0.15, -0.1) is 10.2 Å². The van der Waals surface area contributed by atoms with E-state index in [-0.39, 0.29) is 24.2 Å². The van der Waals surface area contributed by atoms with Gasteiger partial charge in [-0.25, -0.2) is 0 Å². The SMILES string of the molecule is Cc1ccc(N2CC(C(=O)N3CCN(c4ccc(-c5ccccc5C)nn4)CC3)CC2=O)cc1C. The average molecular weight is 470 g/mol. The molecule has 2 amide bonds. The van der Waals surface area contributed by atoms with Gasteiger partial charge in [-0.1, -0.05) is 30.3 Å². The summed E-state index contributed by atoms with van der Waals surface area (Å²) in [5.41, 5.74) is 6.34. The van der Waals surface area contributed by atoms with Gasteiger partial charge in [0.05, 0.1) is 11.6 Å². The number of carbonyl (C=O) groups excluding carboxylic acids is 2. The van der Waals surface area contributed by atoms with Crippen LogP contribution in [0.3, 0.4) is 0 Å². The van der Waals surface area contributed by atoms with Crippen LogP contribution in [0.2, 0.25) is 0 Å². The van der Waals surface area contributed by atoms with E-state index < -0.39 is 0 Å². The number of amides is 2. The Labute approximate surface area is 206 Å². The molecule has 2 aliphatic heterocycles. The first-order valence-electron chi connectivity index (χ1n) is 12.2. The maximum Gasteiger partial charge on any atom is 0.228 e. The topological polar surface area (TPSA) is 69.6 Å². The molecule has 2 fully saturated rings. The molecule has 2 aromatic carbocycles. The maximum atomic E-state index is 13.2. The van der Waals surface area contributed by atoms with E-state index >= 15 is 0 Å². The molecule has 1 unspecified atom stereocenters. The summed E-state index contributed by atoms with van der Waals surface area (Å²) in [4.78, 5) is 31.7. The zero-order valence-corrected chi connectivity index (χ0v) is 20.6. The Balaban J connectivity index is 1.19. The minimum Gasteiger partial charge on any atom is -0.352 e. The van der Waals surface area contributed by atoms with Gasteiger partial charge in [0, 0.05) is 50.4 Å². The molecule has 35 heavy (non-hydrogen) atoms. The van der Waals surface area contributed by atoms with E-state index in [0.717, 1.165) is 28.3 Å². The summed E-state index contributed by atoms with van der Waals surface area (Å²) >= 11 is 0. The summed E-state index contributed by atoms with van der Waals surface area (Å²) in [7, 11) is 0. The van der Waals surface area contributed by atoms with Gasteiger partial charge in [-0.3, -0.25) is 9.59 Å². The Bertz CT molecular complexity index is 1250. The smallest absolute Gasteiger partial charge is 0.228 e.